The van der Waals surface area contributed by atoms with Crippen LogP contribution in [0.25, 0.3) is 110 Å². The van der Waals surface area contributed by atoms with E-state index in [4.69, 9.17) is 24.4 Å². The van der Waals surface area contributed by atoms with E-state index in [1.807, 2.05) is 72.8 Å². The van der Waals surface area contributed by atoms with E-state index in [0.717, 1.165) is 87.7 Å². The van der Waals surface area contributed by atoms with Gasteiger partial charge in [-0.25, -0.2) is 19.9 Å². The zero-order chi connectivity index (χ0) is 37.0. The molecule has 0 radical (unpaired) electrons. The van der Waals surface area contributed by atoms with Crippen molar-refractivity contribution in [3.05, 3.63) is 182 Å². The van der Waals surface area contributed by atoms with E-state index in [0.29, 0.717) is 17.5 Å². The van der Waals surface area contributed by atoms with Crippen LogP contribution in [-0.2, 0) is 0 Å². The van der Waals surface area contributed by atoms with Crippen molar-refractivity contribution in [2.45, 2.75) is 0 Å². The fourth-order valence-corrected chi connectivity index (χ4v) is 9.08. The van der Waals surface area contributed by atoms with Crippen LogP contribution in [-0.4, -0.2) is 19.9 Å². The number of para-hydroxylation sites is 3. The van der Waals surface area contributed by atoms with Crippen molar-refractivity contribution in [3.63, 3.8) is 0 Å². The Balaban J connectivity index is 1.21. The minimum atomic E-state index is 0.610. The maximum Gasteiger partial charge on any atom is 0.164 e. The van der Waals surface area contributed by atoms with E-state index in [2.05, 4.69) is 109 Å². The van der Waals surface area contributed by atoms with Crippen molar-refractivity contribution < 1.29 is 4.42 Å². The lowest BCUT2D eigenvalue weighted by Crippen LogP contribution is -2.00. The molecule has 0 aliphatic rings. The van der Waals surface area contributed by atoms with E-state index >= 15 is 0 Å². The van der Waals surface area contributed by atoms with Gasteiger partial charge < -0.3 is 4.42 Å². The summed E-state index contributed by atoms with van der Waals surface area (Å²) in [5, 5.41) is 4.40. The summed E-state index contributed by atoms with van der Waals surface area (Å²) in [6, 6.07) is 62.5. The highest BCUT2D eigenvalue weighted by atomic mass is 32.1. The second kappa shape index (κ2) is 13.2. The standard InChI is InChI=1S/C50H30N4OS/c1-4-16-31(17-5-1)44-43-42(39-27-15-26-37-36-24-11-13-29-41(36)55-45(37)39)46(56-47(43)38-25-10-12-28-40(38)51-44)34-22-14-23-35(30-34)50-53-48(32-18-6-2-7-19-32)52-49(54-50)33-20-8-3-9-21-33/h1-30H. The van der Waals surface area contributed by atoms with Crippen LogP contribution in [0.3, 0.4) is 0 Å². The van der Waals surface area contributed by atoms with Crippen molar-refractivity contribution in [1.29, 1.82) is 0 Å². The lowest BCUT2D eigenvalue weighted by atomic mass is 9.93. The van der Waals surface area contributed by atoms with Gasteiger partial charge in [0.2, 0.25) is 0 Å². The first-order valence-electron chi connectivity index (χ1n) is 18.6. The Labute approximate surface area is 326 Å². The fourth-order valence-electron chi connectivity index (χ4n) is 7.73. The summed E-state index contributed by atoms with van der Waals surface area (Å²) in [5.41, 5.74) is 10.6. The summed E-state index contributed by atoms with van der Waals surface area (Å²) in [6.07, 6.45) is 0. The minimum Gasteiger partial charge on any atom is -0.455 e. The summed E-state index contributed by atoms with van der Waals surface area (Å²) >= 11 is 1.79. The Bertz CT molecular complexity index is 3190. The van der Waals surface area contributed by atoms with Gasteiger partial charge in [-0.2, -0.15) is 0 Å². The molecular weight excluding hydrogens is 705 g/mol. The first-order chi connectivity index (χ1) is 27.8. The Hall–Kier alpha value is -7.28. The normalized spacial score (nSPS) is 11.6. The highest BCUT2D eigenvalue weighted by Crippen LogP contribution is 2.52. The molecular formula is C50H30N4OS. The predicted octanol–water partition coefficient (Wildman–Crippen LogP) is 13.5. The quantitative estimate of drug-likeness (QED) is 0.170. The molecule has 0 bridgehead atoms. The van der Waals surface area contributed by atoms with E-state index in [1.54, 1.807) is 11.3 Å². The molecule has 0 N–H and O–H groups in total. The second-order valence-corrected chi connectivity index (χ2v) is 14.8. The van der Waals surface area contributed by atoms with Crippen molar-refractivity contribution in [2.24, 2.45) is 0 Å². The predicted molar refractivity (Wildman–Crippen MR) is 230 cm³/mol. The molecule has 5 nitrogen and oxygen atoms in total. The lowest BCUT2D eigenvalue weighted by Gasteiger charge is -2.12. The Morgan fingerprint density at radius 1 is 0.411 bits per heavy atom. The van der Waals surface area contributed by atoms with Crippen LogP contribution in [0, 0.1) is 0 Å². The van der Waals surface area contributed by atoms with Crippen molar-refractivity contribution in [3.8, 4) is 67.0 Å². The Kier molecular flexibility index (Phi) is 7.60. The number of hydrogen-bond acceptors (Lipinski definition) is 6. The van der Waals surface area contributed by atoms with Gasteiger partial charge in [0, 0.05) is 64.5 Å². The zero-order valence-electron chi connectivity index (χ0n) is 29.9. The van der Waals surface area contributed by atoms with E-state index in [9.17, 15) is 0 Å². The minimum absolute atomic E-state index is 0.610. The number of nitrogens with zero attached hydrogens (tertiary/aromatic N) is 4. The molecule has 11 rings (SSSR count). The van der Waals surface area contributed by atoms with Gasteiger partial charge in [-0.3, -0.25) is 0 Å². The monoisotopic (exact) mass is 734 g/mol. The lowest BCUT2D eigenvalue weighted by molar-refractivity contribution is 0.670. The van der Waals surface area contributed by atoms with E-state index in [-0.39, 0.29) is 0 Å². The molecule has 0 atom stereocenters. The first-order valence-corrected chi connectivity index (χ1v) is 19.4. The summed E-state index contributed by atoms with van der Waals surface area (Å²) in [5.74, 6) is 1.87. The van der Waals surface area contributed by atoms with Gasteiger partial charge >= 0.3 is 0 Å². The number of pyridine rings is 1. The number of furan rings is 1. The number of fused-ring (bicyclic) bond motifs is 6. The number of thiophene rings is 1. The smallest absolute Gasteiger partial charge is 0.164 e. The SMILES string of the molecule is c1ccc(-c2nc(-c3ccccc3)nc(-c3cccc(-c4sc5c(c(-c6ccccc6)nc6ccccc65)c4-c4cccc5c4oc4ccccc45)c3)n2)cc1. The molecule has 0 saturated carbocycles. The molecule has 0 spiro atoms. The van der Waals surface area contributed by atoms with Gasteiger partial charge in [-0.05, 0) is 23.8 Å². The van der Waals surface area contributed by atoms with Crippen LogP contribution in [0.2, 0.25) is 0 Å². The van der Waals surface area contributed by atoms with Gasteiger partial charge in [0.05, 0.1) is 11.2 Å². The Morgan fingerprint density at radius 3 is 1.66 bits per heavy atom. The van der Waals surface area contributed by atoms with Crippen LogP contribution >= 0.6 is 11.3 Å². The number of rotatable bonds is 6. The van der Waals surface area contributed by atoms with Crippen LogP contribution in [0.4, 0.5) is 0 Å². The molecule has 4 heterocycles. The third kappa shape index (κ3) is 5.38. The molecule has 0 amide bonds. The van der Waals surface area contributed by atoms with Gasteiger partial charge in [0.1, 0.15) is 11.2 Å². The maximum absolute atomic E-state index is 6.74. The number of benzene rings is 7. The molecule has 4 aromatic heterocycles. The largest absolute Gasteiger partial charge is 0.455 e. The summed E-state index contributed by atoms with van der Waals surface area (Å²) in [6.45, 7) is 0. The van der Waals surface area contributed by atoms with Crippen LogP contribution in [0.5, 0.6) is 0 Å². The number of aromatic nitrogens is 4. The molecule has 11 aromatic rings. The zero-order valence-corrected chi connectivity index (χ0v) is 30.7. The molecule has 6 heteroatoms. The van der Waals surface area contributed by atoms with Gasteiger partial charge in [0.15, 0.2) is 17.5 Å². The highest BCUT2D eigenvalue weighted by Gasteiger charge is 2.25. The topological polar surface area (TPSA) is 64.7 Å². The van der Waals surface area contributed by atoms with E-state index < -0.39 is 0 Å². The molecule has 7 aromatic carbocycles. The maximum atomic E-state index is 6.74. The molecule has 262 valence electrons. The molecule has 0 unspecified atom stereocenters. The average Bonchev–Trinajstić information content (AvgIpc) is 3.87. The summed E-state index contributed by atoms with van der Waals surface area (Å²) < 4.78 is 7.92. The highest BCUT2D eigenvalue weighted by molar-refractivity contribution is 7.24. The summed E-state index contributed by atoms with van der Waals surface area (Å²) in [4.78, 5) is 21.6. The first kappa shape index (κ1) is 32.2. The molecule has 0 aliphatic carbocycles. The summed E-state index contributed by atoms with van der Waals surface area (Å²) in [7, 11) is 0. The third-order valence-electron chi connectivity index (χ3n) is 10.3. The van der Waals surface area contributed by atoms with Crippen molar-refractivity contribution in [2.75, 3.05) is 0 Å². The van der Waals surface area contributed by atoms with Crippen molar-refractivity contribution in [1.82, 2.24) is 19.9 Å². The van der Waals surface area contributed by atoms with Gasteiger partial charge in [-0.1, -0.05) is 164 Å². The molecule has 0 saturated heterocycles. The molecule has 56 heavy (non-hydrogen) atoms. The van der Waals surface area contributed by atoms with Crippen LogP contribution < -0.4 is 0 Å². The average molecular weight is 735 g/mol. The Morgan fingerprint density at radius 2 is 0.946 bits per heavy atom. The van der Waals surface area contributed by atoms with Crippen molar-refractivity contribution >= 4 is 54.3 Å². The number of hydrogen-bond donors (Lipinski definition) is 0. The second-order valence-electron chi connectivity index (χ2n) is 13.8. The van der Waals surface area contributed by atoms with Gasteiger partial charge in [0.25, 0.3) is 0 Å². The third-order valence-corrected chi connectivity index (χ3v) is 11.6. The molecule has 0 aliphatic heterocycles. The van der Waals surface area contributed by atoms with E-state index in [1.165, 1.54) is 4.70 Å². The fraction of sp³-hybridized carbons (Fsp3) is 0. The van der Waals surface area contributed by atoms with Crippen LogP contribution in [0.15, 0.2) is 186 Å². The van der Waals surface area contributed by atoms with Gasteiger partial charge in [-0.15, -0.1) is 11.3 Å². The molecule has 0 fully saturated rings. The van der Waals surface area contributed by atoms with Crippen LogP contribution in [0.1, 0.15) is 0 Å².